The predicted octanol–water partition coefficient (Wildman–Crippen LogP) is 1.55. The van der Waals surface area contributed by atoms with E-state index in [2.05, 4.69) is 20.8 Å². The van der Waals surface area contributed by atoms with E-state index >= 15 is 0 Å². The Kier molecular flexibility index (Phi) is 4.77. The maximum Gasteiger partial charge on any atom is 0.0771 e. The molecule has 0 aromatic carbocycles. The first-order chi connectivity index (χ1) is 7.36. The zero-order chi connectivity index (χ0) is 12.3. The molecule has 0 bridgehead atoms. The van der Waals surface area contributed by atoms with Gasteiger partial charge in [-0.25, -0.2) is 0 Å². The van der Waals surface area contributed by atoms with Crippen molar-refractivity contribution in [3.63, 3.8) is 0 Å². The summed E-state index contributed by atoms with van der Waals surface area (Å²) in [6, 6.07) is 0. The van der Waals surface area contributed by atoms with Crippen molar-refractivity contribution in [2.24, 2.45) is 17.3 Å². The standard InChI is InChI=1S/C13H26O3/c1-9-6-11(16)7-13(2,3)12(9)5-4-10(15)8-14/h9-12,14-16H,4-8H2,1-3H3/t9-,10-,11-,12+/m1/s1. The van der Waals surface area contributed by atoms with Crippen molar-refractivity contribution in [1.82, 2.24) is 0 Å². The number of aliphatic hydroxyl groups excluding tert-OH is 3. The lowest BCUT2D eigenvalue weighted by Crippen LogP contribution is -2.40. The van der Waals surface area contributed by atoms with Gasteiger partial charge in [-0.3, -0.25) is 0 Å². The van der Waals surface area contributed by atoms with E-state index in [9.17, 15) is 10.2 Å². The van der Waals surface area contributed by atoms with E-state index in [0.29, 0.717) is 18.3 Å². The molecule has 0 aliphatic heterocycles. The molecule has 1 aliphatic carbocycles. The highest BCUT2D eigenvalue weighted by molar-refractivity contribution is 4.90. The van der Waals surface area contributed by atoms with Crippen LogP contribution in [-0.4, -0.2) is 34.1 Å². The second-order valence-electron chi connectivity index (χ2n) is 6.08. The fraction of sp³-hybridized carbons (Fsp3) is 1.00. The molecular weight excluding hydrogens is 204 g/mol. The maximum atomic E-state index is 9.77. The zero-order valence-electron chi connectivity index (χ0n) is 10.7. The summed E-state index contributed by atoms with van der Waals surface area (Å²) in [6.07, 6.45) is 2.53. The normalized spacial score (nSPS) is 36.0. The van der Waals surface area contributed by atoms with Crippen molar-refractivity contribution in [2.75, 3.05) is 6.61 Å². The molecule has 16 heavy (non-hydrogen) atoms. The van der Waals surface area contributed by atoms with Crippen LogP contribution in [0.5, 0.6) is 0 Å². The second kappa shape index (κ2) is 5.48. The molecule has 4 atom stereocenters. The van der Waals surface area contributed by atoms with Crippen molar-refractivity contribution in [2.45, 2.75) is 58.7 Å². The molecule has 0 saturated heterocycles. The first-order valence-corrected chi connectivity index (χ1v) is 6.34. The van der Waals surface area contributed by atoms with Gasteiger partial charge in [0.05, 0.1) is 18.8 Å². The summed E-state index contributed by atoms with van der Waals surface area (Å²) in [7, 11) is 0. The van der Waals surface area contributed by atoms with Crippen LogP contribution < -0.4 is 0 Å². The molecule has 1 saturated carbocycles. The first-order valence-electron chi connectivity index (χ1n) is 6.34. The molecule has 0 aromatic rings. The quantitative estimate of drug-likeness (QED) is 0.687. The number of rotatable bonds is 4. The average molecular weight is 230 g/mol. The molecule has 3 nitrogen and oxygen atoms in total. The molecule has 3 heteroatoms. The Morgan fingerprint density at radius 1 is 1.38 bits per heavy atom. The Morgan fingerprint density at radius 3 is 2.50 bits per heavy atom. The minimum Gasteiger partial charge on any atom is -0.394 e. The molecule has 0 radical (unpaired) electrons. The highest BCUT2D eigenvalue weighted by Gasteiger charge is 2.40. The number of hydrogen-bond donors (Lipinski definition) is 3. The van der Waals surface area contributed by atoms with Crippen molar-refractivity contribution in [1.29, 1.82) is 0 Å². The van der Waals surface area contributed by atoms with E-state index in [1.165, 1.54) is 0 Å². The van der Waals surface area contributed by atoms with Crippen LogP contribution in [0, 0.1) is 17.3 Å². The molecule has 1 rings (SSSR count). The average Bonchev–Trinajstić information content (AvgIpc) is 2.14. The summed E-state index contributed by atoms with van der Waals surface area (Å²) in [6.45, 7) is 6.42. The van der Waals surface area contributed by atoms with Crippen LogP contribution in [0.2, 0.25) is 0 Å². The Labute approximate surface area is 98.5 Å². The summed E-state index contributed by atoms with van der Waals surface area (Å²) >= 11 is 0. The maximum absolute atomic E-state index is 9.77. The van der Waals surface area contributed by atoms with E-state index in [1.54, 1.807) is 0 Å². The fourth-order valence-electron chi connectivity index (χ4n) is 3.34. The smallest absolute Gasteiger partial charge is 0.0771 e. The van der Waals surface area contributed by atoms with E-state index < -0.39 is 6.10 Å². The van der Waals surface area contributed by atoms with E-state index in [0.717, 1.165) is 19.3 Å². The first kappa shape index (κ1) is 13.9. The molecule has 0 aromatic heterocycles. The van der Waals surface area contributed by atoms with Crippen LogP contribution in [0.4, 0.5) is 0 Å². The molecule has 0 amide bonds. The van der Waals surface area contributed by atoms with Crippen LogP contribution in [-0.2, 0) is 0 Å². The van der Waals surface area contributed by atoms with Gasteiger partial charge in [-0.2, -0.15) is 0 Å². The summed E-state index contributed by atoms with van der Waals surface area (Å²) in [5, 5.41) is 28.0. The Morgan fingerprint density at radius 2 is 2.00 bits per heavy atom. The van der Waals surface area contributed by atoms with Crippen molar-refractivity contribution in [3.05, 3.63) is 0 Å². The summed E-state index contributed by atoms with van der Waals surface area (Å²) < 4.78 is 0. The molecule has 3 N–H and O–H groups in total. The highest BCUT2D eigenvalue weighted by Crippen LogP contribution is 2.46. The van der Waals surface area contributed by atoms with Gasteiger partial charge in [0.2, 0.25) is 0 Å². The summed E-state index contributed by atoms with van der Waals surface area (Å²) in [5.74, 6) is 1.02. The Hall–Kier alpha value is -0.120. The molecule has 0 heterocycles. The third-order valence-electron chi connectivity index (χ3n) is 4.12. The van der Waals surface area contributed by atoms with E-state index in [4.69, 9.17) is 5.11 Å². The third kappa shape index (κ3) is 3.44. The van der Waals surface area contributed by atoms with E-state index in [-0.39, 0.29) is 18.1 Å². The van der Waals surface area contributed by atoms with Crippen molar-refractivity contribution >= 4 is 0 Å². The van der Waals surface area contributed by atoms with Gasteiger partial charge < -0.3 is 15.3 Å². The fourth-order valence-corrected chi connectivity index (χ4v) is 3.34. The van der Waals surface area contributed by atoms with Crippen molar-refractivity contribution < 1.29 is 15.3 Å². The van der Waals surface area contributed by atoms with E-state index in [1.807, 2.05) is 0 Å². The lowest BCUT2D eigenvalue weighted by atomic mass is 9.61. The minimum atomic E-state index is -0.588. The lowest BCUT2D eigenvalue weighted by Gasteiger charge is -2.45. The van der Waals surface area contributed by atoms with Crippen LogP contribution in [0.25, 0.3) is 0 Å². The number of hydrogen-bond acceptors (Lipinski definition) is 3. The van der Waals surface area contributed by atoms with Gasteiger partial charge in [0.1, 0.15) is 0 Å². The molecule has 1 aliphatic rings. The van der Waals surface area contributed by atoms with Crippen LogP contribution in [0.1, 0.15) is 46.5 Å². The van der Waals surface area contributed by atoms with Gasteiger partial charge in [0, 0.05) is 0 Å². The SMILES string of the molecule is C[C@@H]1C[C@@H](O)CC(C)(C)[C@H]1CC[C@@H](O)CO. The zero-order valence-corrected chi connectivity index (χ0v) is 10.7. The van der Waals surface area contributed by atoms with Gasteiger partial charge in [0.15, 0.2) is 0 Å². The Balaban J connectivity index is 2.55. The van der Waals surface area contributed by atoms with Gasteiger partial charge in [-0.1, -0.05) is 20.8 Å². The predicted molar refractivity (Wildman–Crippen MR) is 64.0 cm³/mol. The summed E-state index contributed by atoms with van der Waals surface area (Å²) in [5.41, 5.74) is 0.131. The summed E-state index contributed by atoms with van der Waals surface area (Å²) in [4.78, 5) is 0. The lowest BCUT2D eigenvalue weighted by molar-refractivity contribution is -0.0229. The highest BCUT2D eigenvalue weighted by atomic mass is 16.3. The topological polar surface area (TPSA) is 60.7 Å². The number of aliphatic hydroxyl groups is 3. The Bertz CT molecular complexity index is 215. The van der Waals surface area contributed by atoms with Gasteiger partial charge in [-0.05, 0) is 42.9 Å². The second-order valence-corrected chi connectivity index (χ2v) is 6.08. The largest absolute Gasteiger partial charge is 0.394 e. The van der Waals surface area contributed by atoms with Gasteiger partial charge >= 0.3 is 0 Å². The van der Waals surface area contributed by atoms with Gasteiger partial charge in [-0.15, -0.1) is 0 Å². The molecule has 0 spiro atoms. The molecule has 1 fully saturated rings. The third-order valence-corrected chi connectivity index (χ3v) is 4.12. The van der Waals surface area contributed by atoms with Crippen molar-refractivity contribution in [3.8, 4) is 0 Å². The van der Waals surface area contributed by atoms with Crippen LogP contribution in [0.15, 0.2) is 0 Å². The molecule has 96 valence electrons. The van der Waals surface area contributed by atoms with Crippen LogP contribution in [0.3, 0.4) is 0 Å². The van der Waals surface area contributed by atoms with Gasteiger partial charge in [0.25, 0.3) is 0 Å². The van der Waals surface area contributed by atoms with Crippen LogP contribution >= 0.6 is 0 Å². The molecule has 0 unspecified atom stereocenters. The monoisotopic (exact) mass is 230 g/mol. The minimum absolute atomic E-state index is 0.131. The molecular formula is C13H26O3.